The van der Waals surface area contributed by atoms with Crippen LogP contribution < -0.4 is 5.32 Å². The highest BCUT2D eigenvalue weighted by molar-refractivity contribution is 5.91. The van der Waals surface area contributed by atoms with Crippen LogP contribution in [-0.2, 0) is 0 Å². The molecule has 2 rings (SSSR count). The molecule has 0 aliphatic heterocycles. The number of hydrogen-bond donors (Lipinski definition) is 2. The lowest BCUT2D eigenvalue weighted by atomic mass is 10.1. The highest BCUT2D eigenvalue weighted by atomic mass is 19.4. The highest BCUT2D eigenvalue weighted by Gasteiger charge is 2.49. The van der Waals surface area contributed by atoms with E-state index in [2.05, 4.69) is 10.3 Å². The van der Waals surface area contributed by atoms with Crippen molar-refractivity contribution in [2.45, 2.75) is 25.6 Å². The van der Waals surface area contributed by atoms with E-state index in [1.54, 1.807) is 30.3 Å². The van der Waals surface area contributed by atoms with Gasteiger partial charge in [0.25, 0.3) is 0 Å². The third-order valence-corrected chi connectivity index (χ3v) is 3.10. The third-order valence-electron chi connectivity index (χ3n) is 3.10. The number of benzene rings is 1. The van der Waals surface area contributed by atoms with Crippen molar-refractivity contribution in [3.05, 3.63) is 36.0 Å². The number of aliphatic hydroxyl groups is 1. The van der Waals surface area contributed by atoms with Crippen molar-refractivity contribution in [2.24, 2.45) is 0 Å². The van der Waals surface area contributed by atoms with Crippen molar-refractivity contribution >= 4 is 16.6 Å². The maximum absolute atomic E-state index is 12.6. The SMILES string of the molecule is Cc1ccc2c(NCC(C)(O)C(F)(F)F)cccc2n1. The van der Waals surface area contributed by atoms with Crippen molar-refractivity contribution in [1.82, 2.24) is 4.98 Å². The summed E-state index contributed by atoms with van der Waals surface area (Å²) < 4.78 is 37.8. The predicted octanol–water partition coefficient (Wildman–Crippen LogP) is 3.27. The zero-order chi connectivity index (χ0) is 15.0. The Morgan fingerprint density at radius 3 is 2.55 bits per heavy atom. The number of aromatic nitrogens is 1. The van der Waals surface area contributed by atoms with Crippen LogP contribution >= 0.6 is 0 Å². The van der Waals surface area contributed by atoms with Crippen molar-refractivity contribution < 1.29 is 18.3 Å². The van der Waals surface area contributed by atoms with Gasteiger partial charge >= 0.3 is 6.18 Å². The van der Waals surface area contributed by atoms with Crippen LogP contribution in [0.15, 0.2) is 30.3 Å². The quantitative estimate of drug-likeness (QED) is 0.909. The molecule has 0 saturated heterocycles. The maximum Gasteiger partial charge on any atom is 0.418 e. The van der Waals surface area contributed by atoms with E-state index in [0.29, 0.717) is 11.2 Å². The van der Waals surface area contributed by atoms with E-state index >= 15 is 0 Å². The number of pyridine rings is 1. The van der Waals surface area contributed by atoms with Gasteiger partial charge in [-0.25, -0.2) is 0 Å². The number of anilines is 1. The minimum atomic E-state index is -4.68. The molecule has 1 aromatic heterocycles. The Balaban J connectivity index is 2.27. The van der Waals surface area contributed by atoms with E-state index in [9.17, 15) is 18.3 Å². The average Bonchev–Trinajstić information content (AvgIpc) is 2.34. The summed E-state index contributed by atoms with van der Waals surface area (Å²) in [7, 11) is 0. The molecule has 1 aromatic carbocycles. The molecule has 2 N–H and O–H groups in total. The molecule has 0 saturated carbocycles. The molecule has 0 fully saturated rings. The fourth-order valence-electron chi connectivity index (χ4n) is 1.78. The molecule has 1 atom stereocenters. The number of nitrogens with zero attached hydrogens (tertiary/aromatic N) is 1. The van der Waals surface area contributed by atoms with E-state index in [1.807, 2.05) is 6.92 Å². The Bertz CT molecular complexity index is 623. The van der Waals surface area contributed by atoms with E-state index in [-0.39, 0.29) is 0 Å². The largest absolute Gasteiger partial charge is 0.418 e. The van der Waals surface area contributed by atoms with Gasteiger partial charge in [-0.05, 0) is 38.1 Å². The van der Waals surface area contributed by atoms with Crippen LogP contribution in [0.25, 0.3) is 10.9 Å². The fraction of sp³-hybridized carbons (Fsp3) is 0.357. The first-order chi connectivity index (χ1) is 9.21. The first kappa shape index (κ1) is 14.6. The molecule has 0 spiro atoms. The number of fused-ring (bicyclic) bond motifs is 1. The summed E-state index contributed by atoms with van der Waals surface area (Å²) in [6, 6.07) is 8.73. The first-order valence-corrected chi connectivity index (χ1v) is 6.10. The zero-order valence-corrected chi connectivity index (χ0v) is 11.1. The van der Waals surface area contributed by atoms with Gasteiger partial charge in [-0.1, -0.05) is 6.07 Å². The molecule has 108 valence electrons. The maximum atomic E-state index is 12.6. The second-order valence-corrected chi connectivity index (χ2v) is 4.95. The number of rotatable bonds is 3. The van der Waals surface area contributed by atoms with Crippen LogP contribution in [0.3, 0.4) is 0 Å². The summed E-state index contributed by atoms with van der Waals surface area (Å²) in [6.07, 6.45) is -4.68. The lowest BCUT2D eigenvalue weighted by Crippen LogP contribution is -2.47. The molecule has 20 heavy (non-hydrogen) atoms. The van der Waals surface area contributed by atoms with Crippen molar-refractivity contribution in [2.75, 3.05) is 11.9 Å². The summed E-state index contributed by atoms with van der Waals surface area (Å²) in [5, 5.41) is 12.8. The predicted molar refractivity (Wildman–Crippen MR) is 71.6 cm³/mol. The van der Waals surface area contributed by atoms with Gasteiger partial charge in [0.15, 0.2) is 5.60 Å². The second kappa shape index (κ2) is 4.94. The molecular weight excluding hydrogens is 269 g/mol. The Morgan fingerprint density at radius 1 is 1.20 bits per heavy atom. The second-order valence-electron chi connectivity index (χ2n) is 4.95. The molecule has 1 heterocycles. The van der Waals surface area contributed by atoms with Gasteiger partial charge in [0.2, 0.25) is 0 Å². The van der Waals surface area contributed by atoms with Crippen molar-refractivity contribution in [1.29, 1.82) is 0 Å². The molecule has 3 nitrogen and oxygen atoms in total. The first-order valence-electron chi connectivity index (χ1n) is 6.10. The molecule has 2 aromatic rings. The Hall–Kier alpha value is -1.82. The van der Waals surface area contributed by atoms with Crippen LogP contribution in [0.4, 0.5) is 18.9 Å². The van der Waals surface area contributed by atoms with Gasteiger partial charge in [0, 0.05) is 16.8 Å². The smallest absolute Gasteiger partial charge is 0.381 e. The van der Waals surface area contributed by atoms with Gasteiger partial charge < -0.3 is 10.4 Å². The van der Waals surface area contributed by atoms with Crippen LogP contribution in [0, 0.1) is 6.92 Å². The number of nitrogens with one attached hydrogen (secondary N) is 1. The van der Waals surface area contributed by atoms with Crippen molar-refractivity contribution in [3.8, 4) is 0 Å². The van der Waals surface area contributed by atoms with Crippen molar-refractivity contribution in [3.63, 3.8) is 0 Å². The summed E-state index contributed by atoms with van der Waals surface area (Å²) in [4.78, 5) is 4.30. The van der Waals surface area contributed by atoms with Crippen LogP contribution in [0.2, 0.25) is 0 Å². The Labute approximate surface area is 114 Å². The average molecular weight is 284 g/mol. The van der Waals surface area contributed by atoms with Gasteiger partial charge in [0.1, 0.15) is 0 Å². The topological polar surface area (TPSA) is 45.1 Å². The van der Waals surface area contributed by atoms with E-state index in [4.69, 9.17) is 0 Å². The normalized spacial score (nSPS) is 15.1. The van der Waals surface area contributed by atoms with E-state index < -0.39 is 18.3 Å². The van der Waals surface area contributed by atoms with Gasteiger partial charge in [-0.2, -0.15) is 13.2 Å². The van der Waals surface area contributed by atoms with Gasteiger partial charge in [0.05, 0.1) is 12.1 Å². The Morgan fingerprint density at radius 2 is 1.90 bits per heavy atom. The number of alkyl halides is 3. The summed E-state index contributed by atoms with van der Waals surface area (Å²) in [5.74, 6) is 0. The van der Waals surface area contributed by atoms with Gasteiger partial charge in [-0.15, -0.1) is 0 Å². The summed E-state index contributed by atoms with van der Waals surface area (Å²) in [5.41, 5.74) is -0.745. The van der Waals surface area contributed by atoms with E-state index in [1.165, 1.54) is 0 Å². The van der Waals surface area contributed by atoms with Crippen LogP contribution in [-0.4, -0.2) is 28.4 Å². The Kier molecular flexibility index (Phi) is 3.60. The summed E-state index contributed by atoms with van der Waals surface area (Å²) in [6.45, 7) is 1.96. The highest BCUT2D eigenvalue weighted by Crippen LogP contribution is 2.31. The van der Waals surface area contributed by atoms with Gasteiger partial charge in [-0.3, -0.25) is 4.98 Å². The number of aryl methyl sites for hydroxylation is 1. The molecule has 0 aliphatic rings. The molecule has 0 amide bonds. The van der Waals surface area contributed by atoms with E-state index in [0.717, 1.165) is 18.0 Å². The standard InChI is InChI=1S/C14H15F3N2O/c1-9-6-7-10-11(4-3-5-12(10)19-9)18-8-13(2,20)14(15,16)17/h3-7,18,20H,8H2,1-2H3. The number of halogens is 3. The molecule has 0 aliphatic carbocycles. The van der Waals surface area contributed by atoms with Crippen LogP contribution in [0.5, 0.6) is 0 Å². The monoisotopic (exact) mass is 284 g/mol. The minimum absolute atomic E-state index is 0.513. The molecule has 6 heteroatoms. The summed E-state index contributed by atoms with van der Waals surface area (Å²) >= 11 is 0. The minimum Gasteiger partial charge on any atom is -0.381 e. The van der Waals surface area contributed by atoms with Crippen LogP contribution in [0.1, 0.15) is 12.6 Å². The molecule has 0 radical (unpaired) electrons. The molecule has 1 unspecified atom stereocenters. The molecular formula is C14H15F3N2O. The zero-order valence-electron chi connectivity index (χ0n) is 11.1. The third kappa shape index (κ3) is 2.85. The number of hydrogen-bond acceptors (Lipinski definition) is 3. The molecule has 0 bridgehead atoms. The lowest BCUT2D eigenvalue weighted by molar-refractivity contribution is -0.246. The fourth-order valence-corrected chi connectivity index (χ4v) is 1.78. The lowest BCUT2D eigenvalue weighted by Gasteiger charge is -2.27.